The van der Waals surface area contributed by atoms with Crippen LogP contribution in [0.1, 0.15) is 12.5 Å². The van der Waals surface area contributed by atoms with E-state index in [1.54, 1.807) is 17.0 Å². The number of ether oxygens (including phenoxy) is 1. The molecule has 31 heavy (non-hydrogen) atoms. The van der Waals surface area contributed by atoms with Gasteiger partial charge < -0.3 is 4.74 Å². The van der Waals surface area contributed by atoms with Crippen molar-refractivity contribution in [2.75, 3.05) is 17.3 Å². The number of halogens is 1. The van der Waals surface area contributed by atoms with Crippen LogP contribution < -0.4 is 9.64 Å². The molecule has 0 bridgehead atoms. The van der Waals surface area contributed by atoms with Gasteiger partial charge in [-0.05, 0) is 55.0 Å². The summed E-state index contributed by atoms with van der Waals surface area (Å²) in [5.74, 6) is 0.682. The summed E-state index contributed by atoms with van der Waals surface area (Å²) in [6, 6.07) is 21.8. The third-order valence-electron chi connectivity index (χ3n) is 4.55. The number of nitrogens with zero attached hydrogens (tertiary/aromatic N) is 2. The molecule has 0 aliphatic heterocycles. The van der Waals surface area contributed by atoms with E-state index in [4.69, 9.17) is 9.72 Å². The fourth-order valence-corrected chi connectivity index (χ4v) is 4.83. The summed E-state index contributed by atoms with van der Waals surface area (Å²) >= 11 is 2.86. The van der Waals surface area contributed by atoms with Gasteiger partial charge in [0, 0.05) is 4.90 Å². The van der Waals surface area contributed by atoms with Gasteiger partial charge in [0.1, 0.15) is 11.6 Å². The maximum Gasteiger partial charge on any atom is 0.239 e. The number of carbonyl (C=O) groups excluding carboxylic acids is 1. The number of fused-ring (bicyclic) bond motifs is 1. The molecule has 0 fully saturated rings. The summed E-state index contributed by atoms with van der Waals surface area (Å²) in [4.78, 5) is 20.5. The van der Waals surface area contributed by atoms with Gasteiger partial charge in [-0.15, -0.1) is 11.8 Å². The van der Waals surface area contributed by atoms with E-state index >= 15 is 0 Å². The number of thiazole rings is 1. The average molecular weight is 453 g/mol. The summed E-state index contributed by atoms with van der Waals surface area (Å²) < 4.78 is 19.7. The smallest absolute Gasteiger partial charge is 0.239 e. The molecule has 4 nitrogen and oxygen atoms in total. The number of amides is 1. The normalized spacial score (nSPS) is 10.9. The molecule has 158 valence electrons. The molecule has 4 aromatic rings. The number of hydrogen-bond acceptors (Lipinski definition) is 5. The number of anilines is 1. The van der Waals surface area contributed by atoms with Crippen molar-refractivity contribution in [2.24, 2.45) is 0 Å². The molecule has 0 aliphatic carbocycles. The van der Waals surface area contributed by atoms with E-state index in [0.717, 1.165) is 26.4 Å². The SMILES string of the molecule is CCOc1ccc2nc(N(Cc3ccccc3)C(=O)CSc3ccc(F)cc3)sc2c1. The molecule has 1 aromatic heterocycles. The number of thioether (sulfide) groups is 1. The zero-order valence-electron chi connectivity index (χ0n) is 17.0. The predicted molar refractivity (Wildman–Crippen MR) is 126 cm³/mol. The number of aromatic nitrogens is 1. The Balaban J connectivity index is 1.59. The van der Waals surface area contributed by atoms with E-state index in [-0.39, 0.29) is 17.5 Å². The van der Waals surface area contributed by atoms with Crippen LogP contribution in [0, 0.1) is 5.82 Å². The summed E-state index contributed by atoms with van der Waals surface area (Å²) in [5, 5.41) is 0.650. The van der Waals surface area contributed by atoms with Crippen LogP contribution >= 0.6 is 23.1 Å². The van der Waals surface area contributed by atoms with Gasteiger partial charge in [0.05, 0.1) is 29.1 Å². The quantitative estimate of drug-likeness (QED) is 0.300. The van der Waals surface area contributed by atoms with Crippen LogP contribution in [0.2, 0.25) is 0 Å². The second-order valence-corrected chi connectivity index (χ2v) is 8.82. The average Bonchev–Trinajstić information content (AvgIpc) is 3.21. The molecule has 4 rings (SSSR count). The summed E-state index contributed by atoms with van der Waals surface area (Å²) in [6.07, 6.45) is 0. The number of carbonyl (C=O) groups is 1. The minimum absolute atomic E-state index is 0.0535. The largest absolute Gasteiger partial charge is 0.494 e. The highest BCUT2D eigenvalue weighted by Gasteiger charge is 2.20. The van der Waals surface area contributed by atoms with Gasteiger partial charge in [-0.1, -0.05) is 41.7 Å². The number of benzene rings is 3. The number of rotatable bonds is 8. The molecule has 0 radical (unpaired) electrons. The Hall–Kier alpha value is -2.90. The molecule has 1 amide bonds. The third-order valence-corrected chi connectivity index (χ3v) is 6.59. The number of hydrogen-bond donors (Lipinski definition) is 0. The van der Waals surface area contributed by atoms with Crippen molar-refractivity contribution in [2.45, 2.75) is 18.4 Å². The summed E-state index contributed by atoms with van der Waals surface area (Å²) in [7, 11) is 0. The van der Waals surface area contributed by atoms with E-state index in [2.05, 4.69) is 0 Å². The second-order valence-electron chi connectivity index (χ2n) is 6.77. The van der Waals surface area contributed by atoms with Crippen molar-refractivity contribution in [3.8, 4) is 5.75 Å². The molecular formula is C24H21FN2O2S2. The van der Waals surface area contributed by atoms with Crippen LogP contribution in [0.4, 0.5) is 9.52 Å². The Labute approximate surface area is 188 Å². The molecule has 0 atom stereocenters. The van der Waals surface area contributed by atoms with Crippen LogP contribution in [0.25, 0.3) is 10.2 Å². The molecule has 0 spiro atoms. The Kier molecular flexibility index (Phi) is 6.84. The van der Waals surface area contributed by atoms with E-state index < -0.39 is 0 Å². The van der Waals surface area contributed by atoms with E-state index in [9.17, 15) is 9.18 Å². The lowest BCUT2D eigenvalue weighted by Gasteiger charge is -2.20. The first-order valence-electron chi connectivity index (χ1n) is 9.88. The Morgan fingerprint density at radius 3 is 2.61 bits per heavy atom. The van der Waals surface area contributed by atoms with E-state index in [1.807, 2.05) is 55.5 Å². The van der Waals surface area contributed by atoms with Crippen molar-refractivity contribution in [1.82, 2.24) is 4.98 Å². The van der Waals surface area contributed by atoms with Crippen molar-refractivity contribution >= 4 is 44.4 Å². The van der Waals surface area contributed by atoms with Gasteiger partial charge in [0.15, 0.2) is 5.13 Å². The maximum absolute atomic E-state index is 13.2. The third kappa shape index (κ3) is 5.42. The molecule has 1 heterocycles. The first-order chi connectivity index (χ1) is 15.1. The van der Waals surface area contributed by atoms with Gasteiger partial charge >= 0.3 is 0 Å². The second kappa shape index (κ2) is 9.94. The van der Waals surface area contributed by atoms with Crippen molar-refractivity contribution in [3.05, 3.63) is 84.2 Å². The van der Waals surface area contributed by atoms with Gasteiger partial charge in [0.2, 0.25) is 5.91 Å². The predicted octanol–water partition coefficient (Wildman–Crippen LogP) is 6.16. The highest BCUT2D eigenvalue weighted by molar-refractivity contribution is 8.00. The van der Waals surface area contributed by atoms with Crippen LogP contribution in [-0.4, -0.2) is 23.3 Å². The molecule has 7 heteroatoms. The molecule has 0 saturated carbocycles. The van der Waals surface area contributed by atoms with Gasteiger partial charge in [-0.2, -0.15) is 0 Å². The molecular weight excluding hydrogens is 431 g/mol. The lowest BCUT2D eigenvalue weighted by molar-refractivity contribution is -0.116. The summed E-state index contributed by atoms with van der Waals surface area (Å²) in [5.41, 5.74) is 1.86. The highest BCUT2D eigenvalue weighted by atomic mass is 32.2. The minimum Gasteiger partial charge on any atom is -0.494 e. The highest BCUT2D eigenvalue weighted by Crippen LogP contribution is 2.33. The fourth-order valence-electron chi connectivity index (χ4n) is 3.05. The van der Waals surface area contributed by atoms with Gasteiger partial charge in [-0.25, -0.2) is 9.37 Å². The molecule has 0 unspecified atom stereocenters. The van der Waals surface area contributed by atoms with Crippen LogP contribution in [0.5, 0.6) is 5.75 Å². The zero-order valence-corrected chi connectivity index (χ0v) is 18.6. The molecule has 0 saturated heterocycles. The maximum atomic E-state index is 13.2. The Morgan fingerprint density at radius 1 is 1.10 bits per heavy atom. The first-order valence-corrected chi connectivity index (χ1v) is 11.7. The fraction of sp³-hybridized carbons (Fsp3) is 0.167. The van der Waals surface area contributed by atoms with E-state index in [1.165, 1.54) is 35.2 Å². The van der Waals surface area contributed by atoms with Crippen LogP contribution in [0.15, 0.2) is 77.7 Å². The van der Waals surface area contributed by atoms with Crippen molar-refractivity contribution < 1.29 is 13.9 Å². The Bertz CT molecular complexity index is 1160. The van der Waals surface area contributed by atoms with Crippen LogP contribution in [-0.2, 0) is 11.3 Å². The minimum atomic E-state index is -0.290. The summed E-state index contributed by atoms with van der Waals surface area (Å²) in [6.45, 7) is 2.97. The topological polar surface area (TPSA) is 42.4 Å². The Morgan fingerprint density at radius 2 is 1.87 bits per heavy atom. The lowest BCUT2D eigenvalue weighted by Crippen LogP contribution is -2.31. The van der Waals surface area contributed by atoms with Crippen LogP contribution in [0.3, 0.4) is 0 Å². The lowest BCUT2D eigenvalue weighted by atomic mass is 10.2. The zero-order chi connectivity index (χ0) is 21.6. The van der Waals surface area contributed by atoms with Gasteiger partial charge in [-0.3, -0.25) is 9.69 Å². The molecule has 0 N–H and O–H groups in total. The van der Waals surface area contributed by atoms with Gasteiger partial charge in [0.25, 0.3) is 0 Å². The standard InChI is InChI=1S/C24H21FN2O2S2/c1-2-29-19-10-13-21-22(14-19)31-24(26-21)27(15-17-6-4-3-5-7-17)23(28)16-30-20-11-8-18(25)9-12-20/h3-14H,2,15-16H2,1H3. The first kappa shape index (κ1) is 21.3. The van der Waals surface area contributed by atoms with Crippen molar-refractivity contribution in [3.63, 3.8) is 0 Å². The van der Waals surface area contributed by atoms with Crippen molar-refractivity contribution in [1.29, 1.82) is 0 Å². The molecule has 0 aliphatic rings. The molecule has 3 aromatic carbocycles. The van der Waals surface area contributed by atoms with E-state index in [0.29, 0.717) is 18.3 Å². The monoisotopic (exact) mass is 452 g/mol.